The van der Waals surface area contributed by atoms with Gasteiger partial charge in [0, 0.05) is 38.8 Å². The number of aliphatic imine (C=N–C) groups is 1. The van der Waals surface area contributed by atoms with Gasteiger partial charge in [-0.25, -0.2) is 0 Å². The van der Waals surface area contributed by atoms with E-state index in [0.29, 0.717) is 12.0 Å². The molecule has 1 heterocycles. The molecule has 0 radical (unpaired) electrons. The van der Waals surface area contributed by atoms with Crippen LogP contribution in [0.3, 0.4) is 0 Å². The third kappa shape index (κ3) is 11.2. The van der Waals surface area contributed by atoms with Crippen molar-refractivity contribution in [1.82, 2.24) is 15.5 Å². The van der Waals surface area contributed by atoms with E-state index in [4.69, 9.17) is 14.5 Å². The molecule has 1 unspecified atom stereocenters. The lowest BCUT2D eigenvalue weighted by molar-refractivity contribution is 0.00867. The van der Waals surface area contributed by atoms with E-state index in [2.05, 4.69) is 43.2 Å². The SMILES string of the molecule is CCCCOCCNC(=NCC(C(C)C)N1CCOCC1)NCC.I. The van der Waals surface area contributed by atoms with Crippen molar-refractivity contribution in [3.8, 4) is 0 Å². The van der Waals surface area contributed by atoms with Crippen molar-refractivity contribution < 1.29 is 9.47 Å². The van der Waals surface area contributed by atoms with Crippen LogP contribution in [0.2, 0.25) is 0 Å². The number of hydrogen-bond acceptors (Lipinski definition) is 4. The predicted molar refractivity (Wildman–Crippen MR) is 116 cm³/mol. The highest BCUT2D eigenvalue weighted by Gasteiger charge is 2.23. The van der Waals surface area contributed by atoms with Gasteiger partial charge < -0.3 is 20.1 Å². The van der Waals surface area contributed by atoms with Gasteiger partial charge in [0.25, 0.3) is 0 Å². The zero-order valence-corrected chi connectivity index (χ0v) is 18.9. The number of unbranched alkanes of at least 4 members (excludes halogenated alkanes) is 1. The summed E-state index contributed by atoms with van der Waals surface area (Å²) in [5.74, 6) is 1.46. The van der Waals surface area contributed by atoms with Crippen LogP contribution in [0.4, 0.5) is 0 Å². The number of nitrogens with zero attached hydrogens (tertiary/aromatic N) is 2. The smallest absolute Gasteiger partial charge is 0.191 e. The molecule has 0 bridgehead atoms. The maximum atomic E-state index is 5.59. The molecule has 0 amide bonds. The molecule has 0 aromatic carbocycles. The van der Waals surface area contributed by atoms with E-state index in [0.717, 1.165) is 71.5 Å². The number of ether oxygens (including phenoxy) is 2. The summed E-state index contributed by atoms with van der Waals surface area (Å²) in [6.45, 7) is 16.5. The van der Waals surface area contributed by atoms with Gasteiger partial charge in [-0.15, -0.1) is 24.0 Å². The summed E-state index contributed by atoms with van der Waals surface area (Å²) < 4.78 is 11.1. The minimum absolute atomic E-state index is 0. The number of nitrogens with one attached hydrogen (secondary N) is 2. The van der Waals surface area contributed by atoms with E-state index in [1.54, 1.807) is 0 Å². The monoisotopic (exact) mass is 470 g/mol. The topological polar surface area (TPSA) is 58.1 Å². The standard InChI is InChI=1S/C18H38N4O2.HI/c1-5-7-11-23-12-8-20-18(19-6-2)21-15-17(16(3)4)22-9-13-24-14-10-22;/h16-17H,5-15H2,1-4H3,(H2,19,20,21);1H. The van der Waals surface area contributed by atoms with E-state index in [-0.39, 0.29) is 24.0 Å². The van der Waals surface area contributed by atoms with E-state index < -0.39 is 0 Å². The van der Waals surface area contributed by atoms with Gasteiger partial charge in [0.05, 0.1) is 26.4 Å². The Hall–Kier alpha value is -0.120. The molecule has 0 saturated carbocycles. The van der Waals surface area contributed by atoms with Gasteiger partial charge in [0.15, 0.2) is 5.96 Å². The molecule has 1 aliphatic heterocycles. The Labute approximate surface area is 171 Å². The Bertz CT molecular complexity index is 337. The van der Waals surface area contributed by atoms with Crippen molar-refractivity contribution in [1.29, 1.82) is 0 Å². The largest absolute Gasteiger partial charge is 0.380 e. The first-order valence-corrected chi connectivity index (χ1v) is 9.60. The second-order valence-electron chi connectivity index (χ2n) is 6.57. The highest BCUT2D eigenvalue weighted by Crippen LogP contribution is 2.13. The molecule has 0 aromatic rings. The molecule has 150 valence electrons. The average molecular weight is 470 g/mol. The molecule has 7 heteroatoms. The second kappa shape index (κ2) is 16.1. The molecule has 1 saturated heterocycles. The summed E-state index contributed by atoms with van der Waals surface area (Å²) in [7, 11) is 0. The molecule has 0 aliphatic carbocycles. The summed E-state index contributed by atoms with van der Waals surface area (Å²) in [6, 6.07) is 0.463. The Balaban J connectivity index is 0.00000576. The number of morpholine rings is 1. The van der Waals surface area contributed by atoms with Gasteiger partial charge in [-0.05, 0) is 19.3 Å². The molecule has 1 atom stereocenters. The van der Waals surface area contributed by atoms with Gasteiger partial charge in [0.1, 0.15) is 0 Å². The zero-order valence-electron chi connectivity index (χ0n) is 16.6. The van der Waals surface area contributed by atoms with Crippen molar-refractivity contribution in [2.45, 2.75) is 46.6 Å². The minimum Gasteiger partial charge on any atom is -0.380 e. The lowest BCUT2D eigenvalue weighted by Crippen LogP contribution is -2.48. The summed E-state index contributed by atoms with van der Waals surface area (Å²) in [6.07, 6.45) is 2.30. The minimum atomic E-state index is 0. The molecule has 25 heavy (non-hydrogen) atoms. The van der Waals surface area contributed by atoms with Gasteiger partial charge in [-0.2, -0.15) is 0 Å². The Morgan fingerprint density at radius 3 is 2.48 bits per heavy atom. The number of guanidine groups is 1. The van der Waals surface area contributed by atoms with E-state index in [1.807, 2.05) is 0 Å². The molecular weight excluding hydrogens is 431 g/mol. The quantitative estimate of drug-likeness (QED) is 0.210. The van der Waals surface area contributed by atoms with Crippen LogP contribution in [-0.2, 0) is 9.47 Å². The van der Waals surface area contributed by atoms with Crippen LogP contribution in [-0.4, -0.2) is 76.1 Å². The number of halogens is 1. The highest BCUT2D eigenvalue weighted by atomic mass is 127. The fraction of sp³-hybridized carbons (Fsp3) is 0.944. The molecule has 1 rings (SSSR count). The number of rotatable bonds is 11. The van der Waals surface area contributed by atoms with Crippen LogP contribution in [0, 0.1) is 5.92 Å². The van der Waals surface area contributed by atoms with E-state index in [1.165, 1.54) is 6.42 Å². The summed E-state index contributed by atoms with van der Waals surface area (Å²) in [5.41, 5.74) is 0. The van der Waals surface area contributed by atoms with Crippen LogP contribution in [0.15, 0.2) is 4.99 Å². The average Bonchev–Trinajstić information content (AvgIpc) is 2.58. The number of hydrogen-bond donors (Lipinski definition) is 2. The van der Waals surface area contributed by atoms with Gasteiger partial charge in [-0.1, -0.05) is 27.2 Å². The van der Waals surface area contributed by atoms with Gasteiger partial charge in [0.2, 0.25) is 0 Å². The van der Waals surface area contributed by atoms with Crippen LogP contribution < -0.4 is 10.6 Å². The second-order valence-corrected chi connectivity index (χ2v) is 6.57. The molecule has 1 aliphatic rings. The van der Waals surface area contributed by atoms with Crippen molar-refractivity contribution >= 4 is 29.9 Å². The molecule has 2 N–H and O–H groups in total. The van der Waals surface area contributed by atoms with Crippen molar-refractivity contribution in [3.05, 3.63) is 0 Å². The third-order valence-corrected chi connectivity index (χ3v) is 4.25. The summed E-state index contributed by atoms with van der Waals surface area (Å²) in [5, 5.41) is 6.69. The van der Waals surface area contributed by atoms with Crippen LogP contribution in [0.1, 0.15) is 40.5 Å². The Morgan fingerprint density at radius 2 is 1.88 bits per heavy atom. The Kier molecular flexibility index (Phi) is 16.0. The van der Waals surface area contributed by atoms with Crippen LogP contribution in [0.5, 0.6) is 0 Å². The Morgan fingerprint density at radius 1 is 1.16 bits per heavy atom. The third-order valence-electron chi connectivity index (χ3n) is 4.25. The van der Waals surface area contributed by atoms with Crippen LogP contribution >= 0.6 is 24.0 Å². The lowest BCUT2D eigenvalue weighted by atomic mass is 10.0. The maximum Gasteiger partial charge on any atom is 0.191 e. The summed E-state index contributed by atoms with van der Waals surface area (Å²) in [4.78, 5) is 7.31. The predicted octanol–water partition coefficient (Wildman–Crippen LogP) is 2.33. The normalized spacial score (nSPS) is 17.2. The van der Waals surface area contributed by atoms with Crippen molar-refractivity contribution in [2.75, 3.05) is 59.2 Å². The molecule has 1 fully saturated rings. The molecular formula is C18H39IN4O2. The fourth-order valence-corrected chi connectivity index (χ4v) is 2.77. The first-order valence-electron chi connectivity index (χ1n) is 9.60. The van der Waals surface area contributed by atoms with E-state index in [9.17, 15) is 0 Å². The summed E-state index contributed by atoms with van der Waals surface area (Å²) >= 11 is 0. The van der Waals surface area contributed by atoms with E-state index >= 15 is 0 Å². The van der Waals surface area contributed by atoms with Gasteiger partial charge >= 0.3 is 0 Å². The van der Waals surface area contributed by atoms with Crippen molar-refractivity contribution in [3.63, 3.8) is 0 Å². The maximum absolute atomic E-state index is 5.59. The zero-order chi connectivity index (χ0) is 17.6. The first kappa shape index (κ1) is 24.9. The van der Waals surface area contributed by atoms with Crippen molar-refractivity contribution in [2.24, 2.45) is 10.9 Å². The van der Waals surface area contributed by atoms with Gasteiger partial charge in [-0.3, -0.25) is 9.89 Å². The van der Waals surface area contributed by atoms with Crippen LogP contribution in [0.25, 0.3) is 0 Å². The molecule has 0 aromatic heterocycles. The highest BCUT2D eigenvalue weighted by molar-refractivity contribution is 14.0. The fourth-order valence-electron chi connectivity index (χ4n) is 2.77. The molecule has 0 spiro atoms. The first-order chi connectivity index (χ1) is 11.7. The lowest BCUT2D eigenvalue weighted by Gasteiger charge is -2.36. The molecule has 6 nitrogen and oxygen atoms in total.